The third-order valence-corrected chi connectivity index (χ3v) is 2.95. The van der Waals surface area contributed by atoms with Crippen LogP contribution in [-0.2, 0) is 13.0 Å². The van der Waals surface area contributed by atoms with E-state index in [0.29, 0.717) is 0 Å². The van der Waals surface area contributed by atoms with Crippen molar-refractivity contribution in [3.8, 4) is 11.3 Å². The summed E-state index contributed by atoms with van der Waals surface area (Å²) in [7, 11) is 0. The van der Waals surface area contributed by atoms with E-state index in [0.717, 1.165) is 42.3 Å². The highest BCUT2D eigenvalue weighted by Gasteiger charge is 2.15. The summed E-state index contributed by atoms with van der Waals surface area (Å²) in [5.41, 5.74) is 8.85. The van der Waals surface area contributed by atoms with E-state index in [1.807, 2.05) is 24.3 Å². The molecule has 1 aliphatic rings. The number of rotatable bonds is 1. The molecule has 3 N–H and O–H groups in total. The van der Waals surface area contributed by atoms with Gasteiger partial charge in [0.15, 0.2) is 0 Å². The fourth-order valence-electron chi connectivity index (χ4n) is 2.04. The third kappa shape index (κ3) is 1.59. The van der Waals surface area contributed by atoms with E-state index in [4.69, 9.17) is 10.2 Å². The number of benzene rings is 1. The van der Waals surface area contributed by atoms with Crippen molar-refractivity contribution < 1.29 is 4.42 Å². The highest BCUT2D eigenvalue weighted by Crippen LogP contribution is 2.27. The van der Waals surface area contributed by atoms with Gasteiger partial charge in [0.1, 0.15) is 11.5 Å². The van der Waals surface area contributed by atoms with Crippen LogP contribution in [0, 0.1) is 0 Å². The Labute approximate surface area is 94.3 Å². The summed E-state index contributed by atoms with van der Waals surface area (Å²) in [6, 6.07) is 9.92. The molecular formula is C13H14N2O. The molecule has 0 spiro atoms. The minimum atomic E-state index is 0.779. The molecule has 0 bridgehead atoms. The maximum absolute atomic E-state index is 5.83. The van der Waals surface area contributed by atoms with E-state index in [9.17, 15) is 0 Å². The van der Waals surface area contributed by atoms with Crippen molar-refractivity contribution in [2.45, 2.75) is 13.0 Å². The number of hydrogen-bond donors (Lipinski definition) is 2. The van der Waals surface area contributed by atoms with E-state index >= 15 is 0 Å². The summed E-state index contributed by atoms with van der Waals surface area (Å²) in [6.07, 6.45) is 1.05. The summed E-state index contributed by atoms with van der Waals surface area (Å²) in [6.45, 7) is 1.87. The van der Waals surface area contributed by atoms with Crippen LogP contribution in [0.15, 0.2) is 34.7 Å². The highest BCUT2D eigenvalue weighted by atomic mass is 16.3. The van der Waals surface area contributed by atoms with Gasteiger partial charge >= 0.3 is 0 Å². The Morgan fingerprint density at radius 1 is 1.19 bits per heavy atom. The van der Waals surface area contributed by atoms with Crippen molar-refractivity contribution in [2.24, 2.45) is 0 Å². The fraction of sp³-hybridized carbons (Fsp3) is 0.231. The molecule has 1 aromatic carbocycles. The standard InChI is InChI=1S/C13H14N2O/c14-11-3-1-9(2-4-11)12-7-10-5-6-15-8-13(10)16-12/h1-4,7,15H,5-6,8,14H2. The lowest BCUT2D eigenvalue weighted by molar-refractivity contribution is 0.472. The van der Waals surface area contributed by atoms with Crippen LogP contribution < -0.4 is 11.1 Å². The molecule has 0 saturated carbocycles. The maximum atomic E-state index is 5.83. The first kappa shape index (κ1) is 9.48. The molecule has 3 heteroatoms. The zero-order valence-corrected chi connectivity index (χ0v) is 8.99. The number of nitrogens with two attached hydrogens (primary N) is 1. The van der Waals surface area contributed by atoms with Gasteiger partial charge in [0.2, 0.25) is 0 Å². The van der Waals surface area contributed by atoms with Gasteiger partial charge in [0.05, 0.1) is 6.54 Å². The molecule has 1 aromatic heterocycles. The first-order chi connectivity index (χ1) is 7.83. The Morgan fingerprint density at radius 2 is 2.00 bits per heavy atom. The quantitative estimate of drug-likeness (QED) is 0.715. The number of nitrogen functional groups attached to an aromatic ring is 1. The summed E-state index contributed by atoms with van der Waals surface area (Å²) >= 11 is 0. The fourth-order valence-corrected chi connectivity index (χ4v) is 2.04. The third-order valence-electron chi connectivity index (χ3n) is 2.95. The monoisotopic (exact) mass is 214 g/mol. The van der Waals surface area contributed by atoms with Crippen molar-refractivity contribution in [3.63, 3.8) is 0 Å². The smallest absolute Gasteiger partial charge is 0.134 e. The van der Waals surface area contributed by atoms with Crippen LogP contribution >= 0.6 is 0 Å². The Hall–Kier alpha value is -1.74. The molecule has 2 heterocycles. The van der Waals surface area contributed by atoms with Crippen LogP contribution in [0.4, 0.5) is 5.69 Å². The number of hydrogen-bond acceptors (Lipinski definition) is 3. The minimum absolute atomic E-state index is 0.779. The average molecular weight is 214 g/mol. The van der Waals surface area contributed by atoms with Crippen LogP contribution in [0.25, 0.3) is 11.3 Å². The molecule has 3 nitrogen and oxygen atoms in total. The number of anilines is 1. The second-order valence-corrected chi connectivity index (χ2v) is 4.11. The van der Waals surface area contributed by atoms with Crippen molar-refractivity contribution in [2.75, 3.05) is 12.3 Å². The molecule has 0 fully saturated rings. The topological polar surface area (TPSA) is 51.2 Å². The molecule has 16 heavy (non-hydrogen) atoms. The largest absolute Gasteiger partial charge is 0.459 e. The van der Waals surface area contributed by atoms with Gasteiger partial charge in [-0.1, -0.05) is 0 Å². The van der Waals surface area contributed by atoms with Crippen molar-refractivity contribution >= 4 is 5.69 Å². The lowest BCUT2D eigenvalue weighted by Gasteiger charge is -2.09. The number of nitrogens with one attached hydrogen (secondary N) is 1. The van der Waals surface area contributed by atoms with Crippen LogP contribution in [0.2, 0.25) is 0 Å². The van der Waals surface area contributed by atoms with Gasteiger partial charge in [-0.15, -0.1) is 0 Å². The van der Waals surface area contributed by atoms with E-state index in [1.165, 1.54) is 5.56 Å². The summed E-state index contributed by atoms with van der Waals surface area (Å²) < 4.78 is 5.83. The average Bonchev–Trinajstić information content (AvgIpc) is 2.73. The van der Waals surface area contributed by atoms with Crippen molar-refractivity contribution in [1.29, 1.82) is 0 Å². The van der Waals surface area contributed by atoms with Gasteiger partial charge in [-0.25, -0.2) is 0 Å². The molecule has 82 valence electrons. The lowest BCUT2D eigenvalue weighted by atomic mass is 10.1. The van der Waals surface area contributed by atoms with Gasteiger partial charge < -0.3 is 15.5 Å². The van der Waals surface area contributed by atoms with Gasteiger partial charge in [0.25, 0.3) is 0 Å². The Kier molecular flexibility index (Phi) is 2.18. The molecule has 0 radical (unpaired) electrons. The SMILES string of the molecule is Nc1ccc(-c2cc3c(o2)CNCC3)cc1. The van der Waals surface area contributed by atoms with Crippen LogP contribution in [0.3, 0.4) is 0 Å². The number of furan rings is 1. The molecule has 0 aliphatic carbocycles. The van der Waals surface area contributed by atoms with E-state index in [2.05, 4.69) is 11.4 Å². The molecule has 0 atom stereocenters. The summed E-state index contributed by atoms with van der Waals surface area (Å²) in [4.78, 5) is 0. The van der Waals surface area contributed by atoms with Gasteiger partial charge in [-0.3, -0.25) is 0 Å². The second kappa shape index (κ2) is 3.68. The molecule has 1 aliphatic heterocycles. The van der Waals surface area contributed by atoms with Crippen LogP contribution in [0.5, 0.6) is 0 Å². The molecule has 0 amide bonds. The van der Waals surface area contributed by atoms with Gasteiger partial charge in [-0.2, -0.15) is 0 Å². The van der Waals surface area contributed by atoms with E-state index in [-0.39, 0.29) is 0 Å². The summed E-state index contributed by atoms with van der Waals surface area (Å²) in [5, 5.41) is 3.30. The van der Waals surface area contributed by atoms with Crippen molar-refractivity contribution in [3.05, 3.63) is 41.7 Å². The Morgan fingerprint density at radius 3 is 2.75 bits per heavy atom. The molecule has 3 rings (SSSR count). The van der Waals surface area contributed by atoms with Crippen molar-refractivity contribution in [1.82, 2.24) is 5.32 Å². The van der Waals surface area contributed by atoms with Crippen LogP contribution in [-0.4, -0.2) is 6.54 Å². The zero-order valence-electron chi connectivity index (χ0n) is 8.99. The highest BCUT2D eigenvalue weighted by molar-refractivity contribution is 5.61. The summed E-state index contributed by atoms with van der Waals surface area (Å²) in [5.74, 6) is 2.01. The lowest BCUT2D eigenvalue weighted by Crippen LogP contribution is -2.22. The normalized spacial score (nSPS) is 14.8. The van der Waals surface area contributed by atoms with E-state index < -0.39 is 0 Å². The van der Waals surface area contributed by atoms with Crippen LogP contribution in [0.1, 0.15) is 11.3 Å². The Bertz CT molecular complexity index is 476. The van der Waals surface area contributed by atoms with Gasteiger partial charge in [0, 0.05) is 11.3 Å². The predicted molar refractivity (Wildman–Crippen MR) is 64.0 cm³/mol. The maximum Gasteiger partial charge on any atom is 0.134 e. The molecule has 0 saturated heterocycles. The number of fused-ring (bicyclic) bond motifs is 1. The van der Waals surface area contributed by atoms with E-state index in [1.54, 1.807) is 0 Å². The van der Waals surface area contributed by atoms with Gasteiger partial charge in [-0.05, 0) is 48.9 Å². The minimum Gasteiger partial charge on any atom is -0.459 e. The Balaban J connectivity index is 2.00. The first-order valence-corrected chi connectivity index (χ1v) is 5.51. The predicted octanol–water partition coefficient (Wildman–Crippen LogP) is 2.17. The second-order valence-electron chi connectivity index (χ2n) is 4.11. The molecular weight excluding hydrogens is 200 g/mol. The molecule has 0 unspecified atom stereocenters. The zero-order chi connectivity index (χ0) is 11.0. The molecule has 2 aromatic rings. The first-order valence-electron chi connectivity index (χ1n) is 5.51.